The first-order chi connectivity index (χ1) is 14.0. The summed E-state index contributed by atoms with van der Waals surface area (Å²) in [6.07, 6.45) is 0. The van der Waals surface area contributed by atoms with Crippen LogP contribution < -0.4 is 20.1 Å². The Morgan fingerprint density at radius 2 is 1.87 bits per heavy atom. The third-order valence-electron chi connectivity index (χ3n) is 4.24. The van der Waals surface area contributed by atoms with Crippen LogP contribution in [0.1, 0.15) is 42.3 Å². The minimum atomic E-state index is -0.962. The van der Waals surface area contributed by atoms with Gasteiger partial charge in [0.1, 0.15) is 0 Å². The van der Waals surface area contributed by atoms with Crippen LogP contribution in [0.5, 0.6) is 11.5 Å². The molecule has 30 heavy (non-hydrogen) atoms. The molecule has 0 saturated carbocycles. The maximum Gasteiger partial charge on any atom is 0.336 e. The minimum absolute atomic E-state index is 0.126. The molecule has 0 radical (unpaired) electrons. The third-order valence-corrected chi connectivity index (χ3v) is 4.98. The van der Waals surface area contributed by atoms with E-state index in [-0.39, 0.29) is 23.6 Å². The number of nitrogens with one attached hydrogen (secondary N) is 2. The van der Waals surface area contributed by atoms with Crippen LogP contribution in [-0.2, 0) is 11.3 Å². The molecule has 1 amide bonds. The molecule has 0 spiro atoms. The Hall–Kier alpha value is -2.74. The Morgan fingerprint density at radius 3 is 2.47 bits per heavy atom. The number of rotatable bonds is 8. The monoisotopic (exact) mass is 478 g/mol. The lowest BCUT2D eigenvalue weighted by molar-refractivity contribution is -0.124. The average Bonchev–Trinajstić information content (AvgIpc) is 2.64. The molecule has 0 fully saturated rings. The normalized spacial score (nSPS) is 11.0. The molecule has 0 saturated heterocycles. The van der Waals surface area contributed by atoms with Crippen molar-refractivity contribution >= 4 is 33.5 Å². The number of carbonyl (C=O) groups excluding carboxylic acids is 1. The molecule has 3 N–H and O–H groups in total. The molecule has 162 valence electrons. The molecule has 0 bridgehead atoms. The van der Waals surface area contributed by atoms with Crippen LogP contribution in [0, 0.1) is 6.92 Å². The van der Waals surface area contributed by atoms with E-state index < -0.39 is 5.97 Å². The molecule has 0 atom stereocenters. The number of carboxylic acid groups (broad SMARTS) is 1. The summed E-state index contributed by atoms with van der Waals surface area (Å²) in [4.78, 5) is 23.3. The number of aromatic carboxylic acids is 1. The van der Waals surface area contributed by atoms with Crippen LogP contribution in [0.15, 0.2) is 34.8 Å². The highest BCUT2D eigenvalue weighted by Gasteiger charge is 2.16. The highest BCUT2D eigenvalue weighted by Crippen LogP contribution is 2.34. The van der Waals surface area contributed by atoms with Gasteiger partial charge in [-0.2, -0.15) is 0 Å². The summed E-state index contributed by atoms with van der Waals surface area (Å²) in [5.41, 5.74) is 2.21. The van der Waals surface area contributed by atoms with Crippen molar-refractivity contribution in [3.63, 3.8) is 0 Å². The van der Waals surface area contributed by atoms with E-state index in [1.165, 1.54) is 7.11 Å². The SMILES string of the molecule is COc1cc(CNc2cccc(C(=O)O)c2C)c(Br)cc1OCC(=O)NC(C)(C)C. The number of anilines is 1. The van der Waals surface area contributed by atoms with Crippen LogP contribution in [0.3, 0.4) is 0 Å². The molecule has 0 aliphatic heterocycles. The fourth-order valence-corrected chi connectivity index (χ4v) is 3.29. The molecule has 8 heteroatoms. The minimum Gasteiger partial charge on any atom is -0.493 e. The maximum atomic E-state index is 12.0. The predicted molar refractivity (Wildman–Crippen MR) is 120 cm³/mol. The summed E-state index contributed by atoms with van der Waals surface area (Å²) in [7, 11) is 1.53. The Bertz CT molecular complexity index is 938. The van der Waals surface area contributed by atoms with E-state index in [1.807, 2.05) is 32.9 Å². The molecule has 0 aliphatic carbocycles. The molecule has 2 rings (SSSR count). The smallest absolute Gasteiger partial charge is 0.336 e. The van der Waals surface area contributed by atoms with E-state index in [0.717, 1.165) is 15.7 Å². The van der Waals surface area contributed by atoms with E-state index in [4.69, 9.17) is 9.47 Å². The molecular formula is C22H27BrN2O5. The average molecular weight is 479 g/mol. The van der Waals surface area contributed by atoms with Crippen molar-refractivity contribution in [2.24, 2.45) is 0 Å². The third kappa shape index (κ3) is 6.38. The highest BCUT2D eigenvalue weighted by atomic mass is 79.9. The summed E-state index contributed by atoms with van der Waals surface area (Å²) in [6.45, 7) is 7.78. The van der Waals surface area contributed by atoms with Crippen molar-refractivity contribution < 1.29 is 24.2 Å². The van der Waals surface area contributed by atoms with Gasteiger partial charge in [0.15, 0.2) is 18.1 Å². The second-order valence-electron chi connectivity index (χ2n) is 7.82. The molecular weight excluding hydrogens is 452 g/mol. The van der Waals surface area contributed by atoms with Crippen LogP contribution in [-0.4, -0.2) is 36.2 Å². The number of halogens is 1. The van der Waals surface area contributed by atoms with Crippen LogP contribution in [0.4, 0.5) is 5.69 Å². The van der Waals surface area contributed by atoms with Gasteiger partial charge in [-0.1, -0.05) is 22.0 Å². The zero-order valence-corrected chi connectivity index (χ0v) is 19.3. The maximum absolute atomic E-state index is 12.0. The fraction of sp³-hybridized carbons (Fsp3) is 0.364. The largest absolute Gasteiger partial charge is 0.493 e. The van der Waals surface area contributed by atoms with Crippen LogP contribution >= 0.6 is 15.9 Å². The summed E-state index contributed by atoms with van der Waals surface area (Å²) >= 11 is 3.53. The van der Waals surface area contributed by atoms with Gasteiger partial charge in [0.25, 0.3) is 5.91 Å². The van der Waals surface area contributed by atoms with Gasteiger partial charge >= 0.3 is 5.97 Å². The van der Waals surface area contributed by atoms with E-state index in [9.17, 15) is 14.7 Å². The summed E-state index contributed by atoms with van der Waals surface area (Å²) in [5, 5.41) is 15.4. The van der Waals surface area contributed by atoms with Crippen molar-refractivity contribution in [3.05, 3.63) is 51.5 Å². The van der Waals surface area contributed by atoms with Gasteiger partial charge in [-0.15, -0.1) is 0 Å². The number of hydrogen-bond donors (Lipinski definition) is 3. The molecule has 7 nitrogen and oxygen atoms in total. The lowest BCUT2D eigenvalue weighted by Gasteiger charge is -2.21. The van der Waals surface area contributed by atoms with Gasteiger partial charge < -0.3 is 25.2 Å². The standard InChI is InChI=1S/C22H27BrN2O5/c1-13-15(21(27)28)7-6-8-17(13)24-11-14-9-18(29-5)19(10-16(14)23)30-12-20(26)25-22(2,3)4/h6-10,24H,11-12H2,1-5H3,(H,25,26)(H,27,28). The first kappa shape index (κ1) is 23.5. The van der Waals surface area contributed by atoms with E-state index in [0.29, 0.717) is 23.6 Å². The zero-order chi connectivity index (χ0) is 22.5. The number of benzene rings is 2. The quantitative estimate of drug-likeness (QED) is 0.521. The topological polar surface area (TPSA) is 96.9 Å². The highest BCUT2D eigenvalue weighted by molar-refractivity contribution is 9.10. The Labute approximate surface area is 184 Å². The Kier molecular flexibility index (Phi) is 7.72. The van der Waals surface area contributed by atoms with Gasteiger partial charge in [-0.3, -0.25) is 4.79 Å². The van der Waals surface area contributed by atoms with Gasteiger partial charge in [0, 0.05) is 22.2 Å². The molecule has 0 aromatic heterocycles. The molecule has 0 unspecified atom stereocenters. The van der Waals surface area contributed by atoms with Crippen molar-refractivity contribution in [2.45, 2.75) is 39.8 Å². The number of carbonyl (C=O) groups is 2. The van der Waals surface area contributed by atoms with Gasteiger partial charge in [0.05, 0.1) is 12.7 Å². The van der Waals surface area contributed by atoms with Gasteiger partial charge in [-0.05, 0) is 63.1 Å². The number of methoxy groups -OCH3 is 1. The Balaban J connectivity index is 2.13. The molecule has 2 aromatic rings. The lowest BCUT2D eigenvalue weighted by atomic mass is 10.1. The molecule has 0 aliphatic rings. The second-order valence-corrected chi connectivity index (χ2v) is 8.67. The van der Waals surface area contributed by atoms with Crippen molar-refractivity contribution in [1.29, 1.82) is 0 Å². The summed E-state index contributed by atoms with van der Waals surface area (Å²) < 4.78 is 11.8. The first-order valence-electron chi connectivity index (χ1n) is 9.39. The zero-order valence-electron chi connectivity index (χ0n) is 17.8. The molecule has 0 heterocycles. The number of ether oxygens (including phenoxy) is 2. The van der Waals surface area contributed by atoms with Crippen LogP contribution in [0.2, 0.25) is 0 Å². The summed E-state index contributed by atoms with van der Waals surface area (Å²) in [5.74, 6) is -0.244. The molecule has 2 aromatic carbocycles. The van der Waals surface area contributed by atoms with Gasteiger partial charge in [-0.25, -0.2) is 4.79 Å². The number of carboxylic acids is 1. The van der Waals surface area contributed by atoms with Crippen LogP contribution in [0.25, 0.3) is 0 Å². The number of amides is 1. The van der Waals surface area contributed by atoms with E-state index in [1.54, 1.807) is 25.1 Å². The summed E-state index contributed by atoms with van der Waals surface area (Å²) in [6, 6.07) is 8.67. The van der Waals surface area contributed by atoms with E-state index >= 15 is 0 Å². The first-order valence-corrected chi connectivity index (χ1v) is 10.2. The van der Waals surface area contributed by atoms with Crippen molar-refractivity contribution in [1.82, 2.24) is 5.32 Å². The second kappa shape index (κ2) is 9.84. The number of hydrogen-bond acceptors (Lipinski definition) is 5. The van der Waals surface area contributed by atoms with Crippen molar-refractivity contribution in [2.75, 3.05) is 19.0 Å². The Morgan fingerprint density at radius 1 is 1.17 bits per heavy atom. The fourth-order valence-electron chi connectivity index (χ4n) is 2.83. The van der Waals surface area contributed by atoms with Crippen molar-refractivity contribution in [3.8, 4) is 11.5 Å². The van der Waals surface area contributed by atoms with Gasteiger partial charge in [0.2, 0.25) is 0 Å². The predicted octanol–water partition coefficient (Wildman–Crippen LogP) is 4.37. The van der Waals surface area contributed by atoms with E-state index in [2.05, 4.69) is 26.6 Å². The lowest BCUT2D eigenvalue weighted by Crippen LogP contribution is -2.43.